The Morgan fingerprint density at radius 2 is 2.21 bits per heavy atom. The molecule has 2 atom stereocenters. The van der Waals surface area contributed by atoms with Gasteiger partial charge in [-0.05, 0) is 48.9 Å². The van der Waals surface area contributed by atoms with Crippen LogP contribution >= 0.6 is 11.8 Å². The number of hydrogen-bond acceptors (Lipinski definition) is 5. The van der Waals surface area contributed by atoms with E-state index < -0.39 is 5.97 Å². The summed E-state index contributed by atoms with van der Waals surface area (Å²) < 4.78 is 19.4. The van der Waals surface area contributed by atoms with Gasteiger partial charge in [0.2, 0.25) is 0 Å². The van der Waals surface area contributed by atoms with E-state index in [0.717, 1.165) is 28.5 Å². The molecule has 1 saturated heterocycles. The molecule has 1 fully saturated rings. The predicted molar refractivity (Wildman–Crippen MR) is 109 cm³/mol. The molecule has 28 heavy (non-hydrogen) atoms. The maximum atomic E-state index is 13.8. The summed E-state index contributed by atoms with van der Waals surface area (Å²) in [6.07, 6.45) is 1.92. The van der Waals surface area contributed by atoms with Crippen LogP contribution in [0.5, 0.6) is 0 Å². The van der Waals surface area contributed by atoms with Crippen molar-refractivity contribution in [1.29, 1.82) is 0 Å². The van der Waals surface area contributed by atoms with Crippen molar-refractivity contribution in [2.45, 2.75) is 39.5 Å². The van der Waals surface area contributed by atoms with E-state index in [1.54, 1.807) is 6.07 Å². The lowest BCUT2D eigenvalue weighted by Crippen LogP contribution is -2.56. The number of carboxylic acid groups (broad SMARTS) is 1. The number of rotatable bonds is 6. The smallest absolute Gasteiger partial charge is 0.338 e. The van der Waals surface area contributed by atoms with Gasteiger partial charge >= 0.3 is 5.97 Å². The highest BCUT2D eigenvalue weighted by Gasteiger charge is 2.36. The second-order valence-corrected chi connectivity index (χ2v) is 8.35. The lowest BCUT2D eigenvalue weighted by atomic mass is 10.0. The zero-order valence-corrected chi connectivity index (χ0v) is 17.3. The minimum absolute atomic E-state index is 0.0979. The molecular formula is C21H27FN2O3S. The van der Waals surface area contributed by atoms with Gasteiger partial charge in [0.1, 0.15) is 12.0 Å². The third-order valence-corrected chi connectivity index (χ3v) is 6.08. The van der Waals surface area contributed by atoms with Crippen LogP contribution in [0.1, 0.15) is 26.3 Å². The second kappa shape index (κ2) is 9.11. The fraction of sp³-hybridized carbons (Fsp3) is 0.476. The van der Waals surface area contributed by atoms with Crippen LogP contribution in [0.25, 0.3) is 0 Å². The summed E-state index contributed by atoms with van der Waals surface area (Å²) in [5.41, 5.74) is 1.92. The Morgan fingerprint density at radius 3 is 2.86 bits per heavy atom. The Kier molecular flexibility index (Phi) is 6.80. The van der Waals surface area contributed by atoms with E-state index in [2.05, 4.69) is 16.7 Å². The molecule has 0 bridgehead atoms. The van der Waals surface area contributed by atoms with E-state index in [1.165, 1.54) is 23.9 Å². The number of aliphatic carboxylic acids is 1. The lowest BCUT2D eigenvalue weighted by molar-refractivity contribution is -0.132. The maximum Gasteiger partial charge on any atom is 0.338 e. The van der Waals surface area contributed by atoms with Crippen molar-refractivity contribution in [2.75, 3.05) is 25.5 Å². The first-order valence-electron chi connectivity index (χ1n) is 9.56. The first-order chi connectivity index (χ1) is 13.4. The van der Waals surface area contributed by atoms with Crippen molar-refractivity contribution < 1.29 is 19.0 Å². The third kappa shape index (κ3) is 4.42. The summed E-state index contributed by atoms with van der Waals surface area (Å²) in [6.45, 7) is 8.48. The van der Waals surface area contributed by atoms with Gasteiger partial charge in [0.15, 0.2) is 0 Å². The van der Waals surface area contributed by atoms with Crippen LogP contribution in [-0.4, -0.2) is 58.6 Å². The number of carboxylic acids is 1. The number of benzene rings is 1. The molecule has 2 aliphatic heterocycles. The van der Waals surface area contributed by atoms with Crippen LogP contribution < -0.4 is 0 Å². The van der Waals surface area contributed by atoms with Gasteiger partial charge < -0.3 is 14.7 Å². The highest BCUT2D eigenvalue weighted by atomic mass is 32.2. The van der Waals surface area contributed by atoms with E-state index in [9.17, 15) is 14.3 Å². The Bertz CT molecular complexity index is 796. The summed E-state index contributed by atoms with van der Waals surface area (Å²) in [6, 6.07) is 6.71. The number of morpholine rings is 1. The van der Waals surface area contributed by atoms with Crippen molar-refractivity contribution >= 4 is 17.7 Å². The van der Waals surface area contributed by atoms with Gasteiger partial charge in [0, 0.05) is 19.1 Å². The Morgan fingerprint density at radius 1 is 1.43 bits per heavy atom. The monoisotopic (exact) mass is 406 g/mol. The van der Waals surface area contributed by atoms with Gasteiger partial charge in [-0.1, -0.05) is 19.1 Å². The zero-order chi connectivity index (χ0) is 20.3. The SMILES string of the molecule is CCSC1=C(C(=O)O)C(C)=CC(N2CCOC[C@@H]2C)N1Cc1cccc(F)c1. The highest BCUT2D eigenvalue weighted by molar-refractivity contribution is 8.03. The number of ether oxygens (including phenoxy) is 1. The summed E-state index contributed by atoms with van der Waals surface area (Å²) in [7, 11) is 0. The van der Waals surface area contributed by atoms with Crippen molar-refractivity contribution in [2.24, 2.45) is 0 Å². The highest BCUT2D eigenvalue weighted by Crippen LogP contribution is 2.37. The molecule has 152 valence electrons. The molecule has 0 amide bonds. The number of nitrogens with zero attached hydrogens (tertiary/aromatic N) is 2. The second-order valence-electron chi connectivity index (χ2n) is 7.10. The number of thioether (sulfide) groups is 1. The predicted octanol–water partition coefficient (Wildman–Crippen LogP) is 3.68. The normalized spacial score (nSPS) is 23.7. The topological polar surface area (TPSA) is 53.0 Å². The standard InChI is InChI=1S/C21H27FN2O3S/c1-4-28-20-19(21(25)26)14(2)10-18(23-8-9-27-13-15(23)3)24(20)12-16-6-5-7-17(22)11-16/h5-7,10-11,15,18H,4,8-9,12-13H2,1-3H3,(H,25,26)/t15-,18?/m0/s1. The van der Waals surface area contributed by atoms with E-state index in [4.69, 9.17) is 4.74 Å². The van der Waals surface area contributed by atoms with Crippen LogP contribution in [-0.2, 0) is 16.1 Å². The van der Waals surface area contributed by atoms with Crippen LogP contribution in [0.15, 0.2) is 46.5 Å². The molecule has 0 spiro atoms. The van der Waals surface area contributed by atoms with Crippen LogP contribution in [0, 0.1) is 5.82 Å². The molecule has 0 saturated carbocycles. The molecule has 5 nitrogen and oxygen atoms in total. The first kappa shape index (κ1) is 20.9. The average molecular weight is 407 g/mol. The molecule has 1 aromatic carbocycles. The van der Waals surface area contributed by atoms with E-state index in [0.29, 0.717) is 25.3 Å². The molecule has 1 N–H and O–H groups in total. The van der Waals surface area contributed by atoms with Gasteiger partial charge in [-0.25, -0.2) is 9.18 Å². The third-order valence-electron chi connectivity index (χ3n) is 5.08. The molecule has 1 unspecified atom stereocenters. The van der Waals surface area contributed by atoms with Gasteiger partial charge in [-0.3, -0.25) is 4.90 Å². The molecule has 0 aromatic heterocycles. The van der Waals surface area contributed by atoms with E-state index in [1.807, 2.05) is 26.0 Å². The zero-order valence-electron chi connectivity index (χ0n) is 16.5. The lowest BCUT2D eigenvalue weighted by Gasteiger charge is -2.47. The van der Waals surface area contributed by atoms with Crippen LogP contribution in [0.2, 0.25) is 0 Å². The first-order valence-corrected chi connectivity index (χ1v) is 10.5. The fourth-order valence-electron chi connectivity index (χ4n) is 3.79. The number of carbonyl (C=O) groups is 1. The van der Waals surface area contributed by atoms with Crippen molar-refractivity contribution in [3.8, 4) is 0 Å². The minimum atomic E-state index is -0.928. The molecule has 0 aliphatic carbocycles. The molecule has 1 aromatic rings. The molecule has 7 heteroatoms. The minimum Gasteiger partial charge on any atom is -0.478 e. The number of halogens is 1. The summed E-state index contributed by atoms with van der Waals surface area (Å²) in [5.74, 6) is -0.461. The molecule has 0 radical (unpaired) electrons. The van der Waals surface area contributed by atoms with Crippen LogP contribution in [0.4, 0.5) is 4.39 Å². The largest absolute Gasteiger partial charge is 0.478 e. The van der Waals surface area contributed by atoms with Crippen molar-refractivity contribution in [3.05, 3.63) is 57.9 Å². The van der Waals surface area contributed by atoms with Crippen LogP contribution in [0.3, 0.4) is 0 Å². The number of hydrogen-bond donors (Lipinski definition) is 1. The Labute approximate surface area is 169 Å². The fourth-order valence-corrected chi connectivity index (χ4v) is 4.79. The van der Waals surface area contributed by atoms with Gasteiger partial charge in [0.05, 0.1) is 23.8 Å². The molecular weight excluding hydrogens is 379 g/mol. The molecule has 2 heterocycles. The van der Waals surface area contributed by atoms with Crippen molar-refractivity contribution in [3.63, 3.8) is 0 Å². The Hall–Kier alpha value is -1.83. The van der Waals surface area contributed by atoms with Gasteiger partial charge in [-0.2, -0.15) is 0 Å². The molecule has 3 rings (SSSR count). The summed E-state index contributed by atoms with van der Waals surface area (Å²) >= 11 is 1.53. The quantitative estimate of drug-likeness (QED) is 0.778. The maximum absolute atomic E-state index is 13.8. The summed E-state index contributed by atoms with van der Waals surface area (Å²) in [5, 5.41) is 10.6. The molecule has 2 aliphatic rings. The average Bonchev–Trinajstić information content (AvgIpc) is 2.64. The van der Waals surface area contributed by atoms with E-state index in [-0.39, 0.29) is 18.0 Å². The van der Waals surface area contributed by atoms with Gasteiger partial charge in [0.25, 0.3) is 0 Å². The van der Waals surface area contributed by atoms with Gasteiger partial charge in [-0.15, -0.1) is 11.8 Å². The van der Waals surface area contributed by atoms with E-state index >= 15 is 0 Å². The summed E-state index contributed by atoms with van der Waals surface area (Å²) in [4.78, 5) is 16.4. The van der Waals surface area contributed by atoms with Crippen molar-refractivity contribution in [1.82, 2.24) is 9.80 Å². The Balaban J connectivity index is 2.05.